The highest BCUT2D eigenvalue weighted by Gasteiger charge is 2.34. The van der Waals surface area contributed by atoms with E-state index in [-0.39, 0.29) is 17.5 Å². The minimum Gasteiger partial charge on any atom is -0.496 e. The lowest BCUT2D eigenvalue weighted by Gasteiger charge is -2.33. The maximum atomic E-state index is 10.7. The maximum absolute atomic E-state index is 10.7. The number of aryl methyl sites for hydroxylation is 1. The van der Waals surface area contributed by atoms with Crippen molar-refractivity contribution in [3.8, 4) is 5.75 Å². The molecule has 2 aromatic heterocycles. The van der Waals surface area contributed by atoms with Gasteiger partial charge in [0.15, 0.2) is 0 Å². The van der Waals surface area contributed by atoms with Crippen LogP contribution in [0, 0.1) is 13.8 Å². The van der Waals surface area contributed by atoms with Crippen molar-refractivity contribution >= 4 is 29.7 Å². The summed E-state index contributed by atoms with van der Waals surface area (Å²) in [5, 5.41) is 0.448. The molecule has 10 nitrogen and oxygen atoms in total. The number of hydrogen-bond donors (Lipinski definition) is 1. The zero-order valence-corrected chi connectivity index (χ0v) is 27.9. The number of nitrogens with two attached hydrogens (primary N) is 1. The average Bonchev–Trinajstić information content (AvgIpc) is 3.29. The summed E-state index contributed by atoms with van der Waals surface area (Å²) in [5.41, 5.74) is 10.00. The van der Waals surface area contributed by atoms with Crippen molar-refractivity contribution in [3.63, 3.8) is 0 Å². The number of piperazine rings is 1. The molecule has 2 aliphatic heterocycles. The van der Waals surface area contributed by atoms with Gasteiger partial charge in [0.05, 0.1) is 31.5 Å². The van der Waals surface area contributed by atoms with Gasteiger partial charge in [-0.2, -0.15) is 4.98 Å². The Bertz CT molecular complexity index is 1130. The molecule has 0 bridgehead atoms. The molecule has 0 spiro atoms. The van der Waals surface area contributed by atoms with Gasteiger partial charge >= 0.3 is 0 Å². The summed E-state index contributed by atoms with van der Waals surface area (Å²) < 4.78 is 10.5. The van der Waals surface area contributed by atoms with E-state index >= 15 is 0 Å². The SMILES string of the molecule is CC.COC(C)(C)C.COc1c(C)cnc(CN2CC(CCCN3CCN(CC=O)CC3)c3c(Cl)nc(N)nc32)c1C. The van der Waals surface area contributed by atoms with Gasteiger partial charge in [-0.1, -0.05) is 25.4 Å². The number of halogens is 1. The Labute approximate surface area is 257 Å². The molecule has 11 heteroatoms. The fraction of sp³-hybridized carbons (Fsp3) is 0.677. The number of rotatable bonds is 9. The molecule has 0 aromatic carbocycles. The van der Waals surface area contributed by atoms with Crippen molar-refractivity contribution in [1.82, 2.24) is 24.8 Å². The van der Waals surface area contributed by atoms with Crippen molar-refractivity contribution in [2.24, 2.45) is 0 Å². The van der Waals surface area contributed by atoms with E-state index < -0.39 is 0 Å². The van der Waals surface area contributed by atoms with Gasteiger partial charge in [-0.3, -0.25) is 9.88 Å². The Morgan fingerprint density at radius 3 is 2.29 bits per heavy atom. The molecule has 2 aromatic rings. The van der Waals surface area contributed by atoms with E-state index in [0.29, 0.717) is 18.2 Å². The lowest BCUT2D eigenvalue weighted by Crippen LogP contribution is -2.47. The van der Waals surface area contributed by atoms with E-state index in [1.54, 1.807) is 14.2 Å². The van der Waals surface area contributed by atoms with Gasteiger partial charge in [0.25, 0.3) is 0 Å². The van der Waals surface area contributed by atoms with Crippen LogP contribution in [0.15, 0.2) is 6.20 Å². The number of aromatic nitrogens is 3. The predicted octanol–water partition coefficient (Wildman–Crippen LogP) is 4.89. The van der Waals surface area contributed by atoms with Crippen LogP contribution in [-0.2, 0) is 16.1 Å². The first-order valence-electron chi connectivity index (χ1n) is 15.0. The number of aldehydes is 1. The van der Waals surface area contributed by atoms with Gasteiger partial charge in [0.1, 0.15) is 23.0 Å². The molecular formula is C31H52ClN7O3. The van der Waals surface area contributed by atoms with Gasteiger partial charge in [0.2, 0.25) is 5.95 Å². The van der Waals surface area contributed by atoms with Crippen LogP contribution in [0.5, 0.6) is 5.75 Å². The Kier molecular flexibility index (Phi) is 14.4. The first-order valence-corrected chi connectivity index (χ1v) is 15.4. The van der Waals surface area contributed by atoms with E-state index in [9.17, 15) is 4.79 Å². The molecule has 1 atom stereocenters. The summed E-state index contributed by atoms with van der Waals surface area (Å²) in [6, 6.07) is 0. The summed E-state index contributed by atoms with van der Waals surface area (Å²) in [4.78, 5) is 31.1. The van der Waals surface area contributed by atoms with Crippen LogP contribution in [0.4, 0.5) is 11.8 Å². The van der Waals surface area contributed by atoms with Crippen LogP contribution in [0.2, 0.25) is 5.15 Å². The number of nitrogens with zero attached hydrogens (tertiary/aromatic N) is 6. The normalized spacial score (nSPS) is 17.1. The molecule has 236 valence electrons. The second-order valence-electron chi connectivity index (χ2n) is 11.5. The van der Waals surface area contributed by atoms with Gasteiger partial charge in [0, 0.05) is 68.6 Å². The van der Waals surface area contributed by atoms with Crippen molar-refractivity contribution in [3.05, 3.63) is 33.7 Å². The average molecular weight is 606 g/mol. The number of fused-ring (bicyclic) bond motifs is 1. The highest BCUT2D eigenvalue weighted by molar-refractivity contribution is 6.30. The van der Waals surface area contributed by atoms with E-state index in [2.05, 4.69) is 29.7 Å². The molecule has 2 N–H and O–H groups in total. The topological polar surface area (TPSA) is 110 Å². The van der Waals surface area contributed by atoms with E-state index in [1.807, 2.05) is 54.7 Å². The Hall–Kier alpha value is -2.53. The zero-order chi connectivity index (χ0) is 31.4. The number of carbonyl (C=O) groups is 1. The molecule has 2 aliphatic rings. The predicted molar refractivity (Wildman–Crippen MR) is 172 cm³/mol. The quantitative estimate of drug-likeness (QED) is 0.313. The largest absolute Gasteiger partial charge is 0.496 e. The molecule has 1 unspecified atom stereocenters. The van der Waals surface area contributed by atoms with Crippen molar-refractivity contribution in [2.45, 2.75) is 79.4 Å². The molecule has 1 fully saturated rings. The summed E-state index contributed by atoms with van der Waals surface area (Å²) >= 11 is 6.57. The van der Waals surface area contributed by atoms with Crippen LogP contribution in [0.3, 0.4) is 0 Å². The number of hydrogen-bond acceptors (Lipinski definition) is 10. The van der Waals surface area contributed by atoms with Gasteiger partial charge in [-0.25, -0.2) is 4.98 Å². The van der Waals surface area contributed by atoms with Crippen LogP contribution in [0.1, 0.15) is 75.8 Å². The lowest BCUT2D eigenvalue weighted by molar-refractivity contribution is -0.109. The lowest BCUT2D eigenvalue weighted by atomic mass is 9.98. The Morgan fingerprint density at radius 1 is 1.10 bits per heavy atom. The summed E-state index contributed by atoms with van der Waals surface area (Å²) in [6.45, 7) is 21.0. The second-order valence-corrected chi connectivity index (χ2v) is 11.9. The fourth-order valence-corrected chi connectivity index (χ4v) is 5.46. The smallest absolute Gasteiger partial charge is 0.223 e. The zero-order valence-electron chi connectivity index (χ0n) is 27.2. The molecule has 0 aliphatic carbocycles. The minimum absolute atomic E-state index is 0.0417. The third-order valence-electron chi connectivity index (χ3n) is 7.57. The van der Waals surface area contributed by atoms with Crippen LogP contribution < -0.4 is 15.4 Å². The molecule has 4 rings (SSSR count). The number of methoxy groups -OCH3 is 2. The third kappa shape index (κ3) is 10.0. The highest BCUT2D eigenvalue weighted by Crippen LogP contribution is 2.42. The first kappa shape index (κ1) is 35.7. The van der Waals surface area contributed by atoms with Gasteiger partial charge < -0.3 is 29.8 Å². The van der Waals surface area contributed by atoms with E-state index in [1.165, 1.54) is 0 Å². The summed E-state index contributed by atoms with van der Waals surface area (Å²) in [6.07, 6.45) is 4.89. The third-order valence-corrected chi connectivity index (χ3v) is 7.86. The molecule has 0 amide bonds. The number of ether oxygens (including phenoxy) is 2. The minimum atomic E-state index is 0.0417. The fourth-order valence-electron chi connectivity index (χ4n) is 5.13. The summed E-state index contributed by atoms with van der Waals surface area (Å²) in [7, 11) is 3.40. The summed E-state index contributed by atoms with van der Waals surface area (Å²) in [5.74, 6) is 2.11. The van der Waals surface area contributed by atoms with Gasteiger partial charge in [-0.05, 0) is 54.0 Å². The Balaban J connectivity index is 0.000000686. The van der Waals surface area contributed by atoms with Crippen molar-refractivity contribution in [2.75, 3.05) is 70.7 Å². The van der Waals surface area contributed by atoms with E-state index in [0.717, 1.165) is 92.3 Å². The number of anilines is 2. The van der Waals surface area contributed by atoms with Crippen LogP contribution in [-0.4, -0.2) is 96.7 Å². The van der Waals surface area contributed by atoms with Crippen LogP contribution in [0.25, 0.3) is 0 Å². The number of pyridine rings is 1. The van der Waals surface area contributed by atoms with Crippen molar-refractivity contribution < 1.29 is 14.3 Å². The first-order chi connectivity index (χ1) is 20.0. The number of nitrogen functional groups attached to an aromatic ring is 1. The van der Waals surface area contributed by atoms with Gasteiger partial charge in [-0.15, -0.1) is 0 Å². The van der Waals surface area contributed by atoms with E-state index in [4.69, 9.17) is 26.8 Å². The monoisotopic (exact) mass is 605 g/mol. The Morgan fingerprint density at radius 2 is 1.71 bits per heavy atom. The van der Waals surface area contributed by atoms with Crippen LogP contribution >= 0.6 is 11.6 Å². The molecule has 0 saturated carbocycles. The molecule has 42 heavy (non-hydrogen) atoms. The number of carbonyl (C=O) groups excluding carboxylic acids is 1. The van der Waals surface area contributed by atoms with Crippen molar-refractivity contribution in [1.29, 1.82) is 0 Å². The molecule has 1 saturated heterocycles. The standard InChI is InChI=1S/C24H34ClN7O2.C5H12O.C2H6/c1-16-13-27-19(17(2)21(16)34-3)15-32-14-18(20-22(25)28-24(26)29-23(20)32)5-4-6-30-7-9-31(10-8-30)11-12-33;1-5(2,3)6-4;1-2/h12-13,18H,4-11,14-15H2,1-3H3,(H2,26,28,29);1-4H3;1-2H3. The molecular weight excluding hydrogens is 554 g/mol. The maximum Gasteiger partial charge on any atom is 0.223 e. The highest BCUT2D eigenvalue weighted by atomic mass is 35.5. The molecule has 0 radical (unpaired) electrons. The molecule has 4 heterocycles. The second kappa shape index (κ2) is 16.9.